The first-order chi connectivity index (χ1) is 15.0. The van der Waals surface area contributed by atoms with Crippen LogP contribution in [0.1, 0.15) is 43.4 Å². The molecule has 2 aromatic rings. The van der Waals surface area contributed by atoms with Gasteiger partial charge in [0.2, 0.25) is 5.88 Å². The van der Waals surface area contributed by atoms with Crippen LogP contribution in [0.25, 0.3) is 0 Å². The number of aliphatic imine (C=N–C) groups is 1. The molecule has 170 valence electrons. The number of pyridine rings is 1. The number of nitrogens with zero attached hydrogens (tertiary/aromatic N) is 5. The van der Waals surface area contributed by atoms with Crippen molar-refractivity contribution in [2.45, 2.75) is 42.7 Å². The van der Waals surface area contributed by atoms with Gasteiger partial charge in [-0.3, -0.25) is 9.79 Å². The second-order valence-electron chi connectivity index (χ2n) is 8.28. The minimum Gasteiger partial charge on any atom is -0.480 e. The lowest BCUT2D eigenvalue weighted by Gasteiger charge is -2.44. The lowest BCUT2D eigenvalue weighted by Crippen LogP contribution is -2.58. The van der Waals surface area contributed by atoms with Crippen molar-refractivity contribution in [1.29, 1.82) is 0 Å². The molecule has 10 nitrogen and oxygen atoms in total. The SMILES string of the molecule is COc1cnc(C(=O)Nc2ccc(F)c([C@@]3(C)N=C(N)C(C)(C)[S@]4(=O)=NCC[C@@H]34)n2)cn1. The molecule has 4 heterocycles. The quantitative estimate of drug-likeness (QED) is 0.707. The van der Waals surface area contributed by atoms with Gasteiger partial charge in [0.05, 0.1) is 34.5 Å². The van der Waals surface area contributed by atoms with Crippen LogP contribution < -0.4 is 15.8 Å². The monoisotopic (exact) mass is 461 g/mol. The summed E-state index contributed by atoms with van der Waals surface area (Å²) in [4.78, 5) is 29.4. The van der Waals surface area contributed by atoms with Crippen molar-refractivity contribution in [3.8, 4) is 5.88 Å². The van der Waals surface area contributed by atoms with Gasteiger partial charge in [-0.15, -0.1) is 0 Å². The fourth-order valence-corrected chi connectivity index (χ4v) is 7.21. The topological polar surface area (TPSA) is 145 Å². The third-order valence-corrected chi connectivity index (χ3v) is 9.73. The van der Waals surface area contributed by atoms with E-state index < -0.39 is 37.0 Å². The van der Waals surface area contributed by atoms with E-state index in [9.17, 15) is 13.4 Å². The Morgan fingerprint density at radius 1 is 1.28 bits per heavy atom. The van der Waals surface area contributed by atoms with Gasteiger partial charge in [-0.25, -0.2) is 27.9 Å². The summed E-state index contributed by atoms with van der Waals surface area (Å²) in [5, 5.41) is 2.01. The van der Waals surface area contributed by atoms with E-state index in [1.54, 1.807) is 20.8 Å². The first-order valence-corrected chi connectivity index (χ1v) is 11.5. The Labute approximate surface area is 185 Å². The number of methoxy groups -OCH3 is 1. The summed E-state index contributed by atoms with van der Waals surface area (Å²) in [5.74, 6) is -0.735. The number of aromatic nitrogens is 3. The van der Waals surface area contributed by atoms with E-state index in [0.29, 0.717) is 13.0 Å². The molecule has 4 rings (SSSR count). The maximum Gasteiger partial charge on any atom is 0.277 e. The fourth-order valence-electron chi connectivity index (χ4n) is 4.06. The molecule has 0 saturated carbocycles. The number of carbonyl (C=O) groups excluding carboxylic acids is 1. The number of amidine groups is 1. The van der Waals surface area contributed by atoms with E-state index in [1.807, 2.05) is 0 Å². The third-order valence-electron chi connectivity index (χ3n) is 6.02. The van der Waals surface area contributed by atoms with E-state index in [2.05, 4.69) is 29.6 Å². The molecular weight excluding hydrogens is 437 g/mol. The normalized spacial score (nSPS) is 28.3. The van der Waals surface area contributed by atoms with Crippen LogP contribution >= 0.6 is 0 Å². The van der Waals surface area contributed by atoms with Crippen LogP contribution in [0.2, 0.25) is 0 Å². The Balaban J connectivity index is 1.73. The maximum absolute atomic E-state index is 15.0. The first kappa shape index (κ1) is 22.1. The molecule has 32 heavy (non-hydrogen) atoms. The summed E-state index contributed by atoms with van der Waals surface area (Å²) in [5.41, 5.74) is 4.88. The predicted molar refractivity (Wildman–Crippen MR) is 118 cm³/mol. The number of anilines is 1. The molecule has 0 spiro atoms. The number of amides is 1. The molecule has 0 unspecified atom stereocenters. The van der Waals surface area contributed by atoms with Crippen LogP contribution in [0.5, 0.6) is 5.88 Å². The molecule has 2 aliphatic heterocycles. The van der Waals surface area contributed by atoms with Gasteiger partial charge in [-0.05, 0) is 39.3 Å². The number of carbonyl (C=O) groups is 1. The van der Waals surface area contributed by atoms with Crippen molar-refractivity contribution in [2.75, 3.05) is 19.0 Å². The number of halogens is 1. The van der Waals surface area contributed by atoms with Crippen molar-refractivity contribution >= 4 is 27.3 Å². The van der Waals surface area contributed by atoms with Crippen LogP contribution in [-0.2, 0) is 15.3 Å². The number of fused-ring (bicyclic) bond motifs is 1. The molecule has 0 aromatic carbocycles. The highest BCUT2D eigenvalue weighted by Crippen LogP contribution is 2.47. The van der Waals surface area contributed by atoms with Crippen LogP contribution in [0, 0.1) is 5.82 Å². The van der Waals surface area contributed by atoms with Crippen LogP contribution in [0.3, 0.4) is 0 Å². The van der Waals surface area contributed by atoms with Gasteiger partial charge >= 0.3 is 0 Å². The average Bonchev–Trinajstić information content (AvgIpc) is 3.18. The highest BCUT2D eigenvalue weighted by atomic mass is 32.2. The minimum atomic E-state index is -2.84. The third kappa shape index (κ3) is 3.20. The predicted octanol–water partition coefficient (Wildman–Crippen LogP) is 1.88. The fraction of sp³-hybridized carbons (Fsp3) is 0.450. The summed E-state index contributed by atoms with van der Waals surface area (Å²) in [7, 11) is -1.40. The average molecular weight is 462 g/mol. The van der Waals surface area contributed by atoms with Crippen LogP contribution in [0.15, 0.2) is 33.9 Å². The first-order valence-electron chi connectivity index (χ1n) is 9.94. The Hall–Kier alpha value is -3.15. The zero-order valence-electron chi connectivity index (χ0n) is 18.1. The van der Waals surface area contributed by atoms with Gasteiger partial charge in [0, 0.05) is 6.54 Å². The van der Waals surface area contributed by atoms with Gasteiger partial charge in [0.25, 0.3) is 5.91 Å². The number of nitrogens with two attached hydrogens (primary N) is 1. The molecule has 0 saturated heterocycles. The molecular formula is C20H24FN7O3S. The van der Waals surface area contributed by atoms with E-state index in [1.165, 1.54) is 31.6 Å². The van der Waals surface area contributed by atoms with Gasteiger partial charge in [-0.2, -0.15) is 0 Å². The summed E-state index contributed by atoms with van der Waals surface area (Å²) in [6.07, 6.45) is 3.03. The summed E-state index contributed by atoms with van der Waals surface area (Å²) < 4.78 is 37.2. The zero-order valence-corrected chi connectivity index (χ0v) is 18.9. The van der Waals surface area contributed by atoms with E-state index in [0.717, 1.165) is 0 Å². The van der Waals surface area contributed by atoms with E-state index in [4.69, 9.17) is 10.5 Å². The van der Waals surface area contributed by atoms with Crippen LogP contribution in [0.4, 0.5) is 10.2 Å². The Morgan fingerprint density at radius 2 is 2.03 bits per heavy atom. The molecule has 0 bridgehead atoms. The minimum absolute atomic E-state index is 0.0315. The summed E-state index contributed by atoms with van der Waals surface area (Å²) >= 11 is 0. The highest BCUT2D eigenvalue weighted by Gasteiger charge is 2.57. The van der Waals surface area contributed by atoms with Gasteiger partial charge in [0.1, 0.15) is 39.1 Å². The van der Waals surface area contributed by atoms with E-state index >= 15 is 0 Å². The van der Waals surface area contributed by atoms with Gasteiger partial charge in [0.15, 0.2) is 0 Å². The molecule has 0 radical (unpaired) electrons. The molecule has 3 N–H and O–H groups in total. The van der Waals surface area contributed by atoms with Crippen LogP contribution in [-0.4, -0.2) is 54.6 Å². The lowest BCUT2D eigenvalue weighted by molar-refractivity contribution is 0.102. The van der Waals surface area contributed by atoms with Crippen molar-refractivity contribution in [3.63, 3.8) is 0 Å². The zero-order chi connectivity index (χ0) is 23.3. The molecule has 1 amide bonds. The van der Waals surface area contributed by atoms with Crippen molar-refractivity contribution in [1.82, 2.24) is 15.0 Å². The standard InChI is InChI=1S/C20H24FN7O3S/c1-19(2)18(22)28-20(3,13-7-8-25-32(13,19)30)16-11(21)5-6-14(26-16)27-17(29)12-9-24-15(31-4)10-23-12/h5-6,9-10,13H,7-8H2,1-4H3,(H2,22,28)(H,26,27,29)/t13-,20-,32-/m0/s1. The highest BCUT2D eigenvalue weighted by molar-refractivity contribution is 7.96. The molecule has 0 aliphatic carbocycles. The maximum atomic E-state index is 15.0. The Bertz CT molecular complexity index is 1240. The summed E-state index contributed by atoms with van der Waals surface area (Å²) in [6.45, 7) is 5.52. The number of hydrogen-bond donors (Lipinski definition) is 2. The van der Waals surface area contributed by atoms with Gasteiger partial charge < -0.3 is 15.8 Å². The molecule has 0 fully saturated rings. The van der Waals surface area contributed by atoms with Crippen molar-refractivity contribution in [3.05, 3.63) is 41.7 Å². The second kappa shape index (κ2) is 7.47. The Morgan fingerprint density at radius 3 is 2.69 bits per heavy atom. The number of rotatable bonds is 4. The van der Waals surface area contributed by atoms with E-state index in [-0.39, 0.29) is 28.9 Å². The van der Waals surface area contributed by atoms with Crippen molar-refractivity contribution in [2.24, 2.45) is 15.1 Å². The Kier molecular flexibility index (Phi) is 5.15. The molecule has 2 aromatic heterocycles. The van der Waals surface area contributed by atoms with Crippen molar-refractivity contribution < 1.29 is 18.1 Å². The largest absolute Gasteiger partial charge is 0.480 e. The number of nitrogens with one attached hydrogen (secondary N) is 1. The smallest absolute Gasteiger partial charge is 0.277 e. The number of ether oxygens (including phenoxy) is 1. The molecule has 3 atom stereocenters. The number of hydrogen-bond acceptors (Lipinski definition) is 9. The molecule has 12 heteroatoms. The van der Waals surface area contributed by atoms with Gasteiger partial charge in [-0.1, -0.05) is 0 Å². The summed E-state index contributed by atoms with van der Waals surface area (Å²) in [6, 6.07) is 2.51. The second-order valence-corrected chi connectivity index (χ2v) is 11.3. The lowest BCUT2D eigenvalue weighted by atomic mass is 9.89. The molecule has 2 aliphatic rings.